The Morgan fingerprint density at radius 3 is 2.23 bits per heavy atom. The van der Waals surface area contributed by atoms with E-state index in [1.54, 1.807) is 0 Å². The molecule has 3 aromatic rings. The van der Waals surface area contributed by atoms with Gasteiger partial charge in [-0.05, 0) is 38.1 Å². The van der Waals surface area contributed by atoms with Crippen LogP contribution in [0.15, 0.2) is 64.5 Å². The number of nitrogens with one attached hydrogen (secondary N) is 2. The number of Topliss-reactive ketones (excluding diaryl/α,β-unsaturated/α-hetero) is 1. The van der Waals surface area contributed by atoms with Gasteiger partial charge in [0.15, 0.2) is 5.78 Å². The number of alkyl halides is 2. The molecule has 3 rings (SSSR count). The molecule has 0 fully saturated rings. The molecule has 0 amide bonds. The van der Waals surface area contributed by atoms with Gasteiger partial charge in [0.05, 0.1) is 16.3 Å². The Kier molecular flexibility index (Phi) is 9.03. The summed E-state index contributed by atoms with van der Waals surface area (Å²) in [4.78, 5) is 23.5. The van der Waals surface area contributed by atoms with Crippen molar-refractivity contribution in [3.8, 4) is 5.75 Å². The van der Waals surface area contributed by atoms with Crippen LogP contribution in [-0.4, -0.2) is 56.4 Å². The zero-order valence-corrected chi connectivity index (χ0v) is 22.8. The van der Waals surface area contributed by atoms with E-state index in [-0.39, 0.29) is 32.2 Å². The number of carbonyl (C=O) groups excluding carboxylic acids is 1. The third kappa shape index (κ3) is 6.76. The first-order valence-corrected chi connectivity index (χ1v) is 14.0. The number of ketones is 1. The first-order chi connectivity index (χ1) is 18.3. The second-order valence-electron chi connectivity index (χ2n) is 7.50. The van der Waals surface area contributed by atoms with Crippen LogP contribution in [-0.2, 0) is 24.9 Å². The van der Waals surface area contributed by atoms with Crippen LogP contribution >= 0.6 is 11.6 Å². The molecule has 2 aromatic carbocycles. The fraction of sp³-hybridized carbons (Fsp3) is 0.182. The molecule has 2 N–H and O–H groups in total. The minimum atomic E-state index is -4.83. The number of anilines is 1. The predicted molar refractivity (Wildman–Crippen MR) is 135 cm³/mol. The predicted octanol–water partition coefficient (Wildman–Crippen LogP) is 2.95. The number of sulfonamides is 2. The number of ether oxygens (including phenoxy) is 1. The molecule has 0 saturated carbocycles. The molecule has 0 aliphatic rings. The SMILES string of the molecule is CO[N+](=C(Nc1ncc(C(C)=O)c(C)n1)NS(=O)(=O)c1ccccc1OC(F)F)S(=O)(=O)c1ccccc1Cl. The highest BCUT2D eigenvalue weighted by Gasteiger charge is 2.36. The van der Waals surface area contributed by atoms with Crippen LogP contribution in [0.25, 0.3) is 0 Å². The van der Waals surface area contributed by atoms with Gasteiger partial charge in [-0.25, -0.2) is 15.3 Å². The van der Waals surface area contributed by atoms with Crippen LogP contribution in [0.2, 0.25) is 5.02 Å². The van der Waals surface area contributed by atoms with Crippen molar-refractivity contribution in [3.63, 3.8) is 0 Å². The van der Waals surface area contributed by atoms with E-state index < -0.39 is 48.2 Å². The monoisotopic (exact) mass is 604 g/mol. The lowest BCUT2D eigenvalue weighted by atomic mass is 10.2. The number of guanidine groups is 1. The number of para-hydroxylation sites is 1. The molecule has 0 atom stereocenters. The van der Waals surface area contributed by atoms with Gasteiger partial charge in [-0.3, -0.25) is 4.79 Å². The number of aryl methyl sites for hydroxylation is 1. The molecule has 0 unspecified atom stereocenters. The van der Waals surface area contributed by atoms with E-state index in [2.05, 4.69) is 20.0 Å². The fourth-order valence-electron chi connectivity index (χ4n) is 3.19. The van der Waals surface area contributed by atoms with Crippen LogP contribution in [0.4, 0.5) is 14.7 Å². The van der Waals surface area contributed by atoms with E-state index in [0.717, 1.165) is 31.5 Å². The molecular weight excluding hydrogens is 584 g/mol. The molecule has 0 saturated heterocycles. The van der Waals surface area contributed by atoms with Crippen molar-refractivity contribution in [2.75, 3.05) is 12.4 Å². The maximum absolute atomic E-state index is 13.5. The highest BCUT2D eigenvalue weighted by Crippen LogP contribution is 2.26. The molecule has 39 heavy (non-hydrogen) atoms. The van der Waals surface area contributed by atoms with Crippen molar-refractivity contribution in [3.05, 3.63) is 71.0 Å². The number of rotatable bonds is 9. The Bertz CT molecular complexity index is 1650. The normalized spacial score (nSPS) is 12.5. The fourth-order valence-corrected chi connectivity index (χ4v) is 6.08. The van der Waals surface area contributed by atoms with Gasteiger partial charge in [0, 0.05) is 10.3 Å². The minimum Gasteiger partial charge on any atom is -0.433 e. The number of hydrogen-bond acceptors (Lipinski definition) is 9. The van der Waals surface area contributed by atoms with Gasteiger partial charge in [-0.2, -0.15) is 30.3 Å². The lowest BCUT2D eigenvalue weighted by Gasteiger charge is -2.14. The summed E-state index contributed by atoms with van der Waals surface area (Å²) >= 11 is 6.07. The molecule has 0 spiro atoms. The number of aromatic nitrogens is 2. The van der Waals surface area contributed by atoms with Crippen molar-refractivity contribution in [1.82, 2.24) is 14.7 Å². The first kappa shape index (κ1) is 29.7. The van der Waals surface area contributed by atoms with Crippen LogP contribution in [0.3, 0.4) is 0 Å². The molecule has 12 nitrogen and oxygen atoms in total. The van der Waals surface area contributed by atoms with Crippen LogP contribution in [0, 0.1) is 6.92 Å². The molecule has 208 valence electrons. The van der Waals surface area contributed by atoms with E-state index in [1.807, 2.05) is 4.72 Å². The third-order valence-electron chi connectivity index (χ3n) is 4.86. The van der Waals surface area contributed by atoms with E-state index in [9.17, 15) is 30.4 Å². The molecule has 0 aliphatic carbocycles. The van der Waals surface area contributed by atoms with Gasteiger partial charge >= 0.3 is 32.6 Å². The van der Waals surface area contributed by atoms with E-state index >= 15 is 0 Å². The van der Waals surface area contributed by atoms with Crippen LogP contribution in [0.5, 0.6) is 5.75 Å². The van der Waals surface area contributed by atoms with Gasteiger partial charge in [0.1, 0.15) is 22.7 Å². The Balaban J connectivity index is 2.22. The van der Waals surface area contributed by atoms with Crippen molar-refractivity contribution < 1.29 is 44.1 Å². The quantitative estimate of drug-likeness (QED) is 0.122. The van der Waals surface area contributed by atoms with Gasteiger partial charge in [0.25, 0.3) is 5.95 Å². The lowest BCUT2D eigenvalue weighted by molar-refractivity contribution is -0.667. The number of benzene rings is 2. The highest BCUT2D eigenvalue weighted by atomic mass is 35.5. The molecule has 0 aliphatic heterocycles. The average Bonchev–Trinajstić information content (AvgIpc) is 2.84. The van der Waals surface area contributed by atoms with Gasteiger partial charge < -0.3 is 9.57 Å². The van der Waals surface area contributed by atoms with Crippen molar-refractivity contribution in [1.29, 1.82) is 0 Å². The van der Waals surface area contributed by atoms with E-state index in [1.165, 1.54) is 44.2 Å². The first-order valence-electron chi connectivity index (χ1n) is 10.7. The summed E-state index contributed by atoms with van der Waals surface area (Å²) in [7, 11) is -8.64. The van der Waals surface area contributed by atoms with Gasteiger partial charge in [0.2, 0.25) is 0 Å². The second kappa shape index (κ2) is 11.9. The molecule has 1 aromatic heterocycles. The minimum absolute atomic E-state index is 0.153. The standard InChI is InChI=1S/C22H20ClF2N5O7S2/c1-13-15(14(2)31)12-26-21(27-13)28-22(30(36-3)39(34,35)18-10-6-4-8-16(18)23)29-38(32,33)19-11-7-5-9-17(19)37-20(24)25/h4-12,20H,1-3H3,(H,26,27,28,29,31)/p+1. The van der Waals surface area contributed by atoms with Gasteiger partial charge in [-0.15, -0.1) is 0 Å². The Morgan fingerprint density at radius 1 is 1.05 bits per heavy atom. The topological polar surface area (TPSA) is 157 Å². The Morgan fingerprint density at radius 2 is 1.67 bits per heavy atom. The third-order valence-corrected chi connectivity index (χ3v) is 8.36. The molecule has 1 heterocycles. The smallest absolute Gasteiger partial charge is 0.421 e. The summed E-state index contributed by atoms with van der Waals surface area (Å²) in [6.45, 7) is -0.596. The summed E-state index contributed by atoms with van der Waals surface area (Å²) in [6, 6.07) is 9.70. The summed E-state index contributed by atoms with van der Waals surface area (Å²) in [6.07, 6.45) is 1.14. The Hall–Kier alpha value is -3.89. The van der Waals surface area contributed by atoms with Crippen molar-refractivity contribution in [2.45, 2.75) is 30.2 Å². The largest absolute Gasteiger partial charge is 0.433 e. The summed E-state index contributed by atoms with van der Waals surface area (Å²) in [5.41, 5.74) is 0.351. The summed E-state index contributed by atoms with van der Waals surface area (Å²) in [5, 5.41) is 2.19. The van der Waals surface area contributed by atoms with Crippen molar-refractivity contribution in [2.24, 2.45) is 0 Å². The average molecular weight is 605 g/mol. The van der Waals surface area contributed by atoms with Crippen molar-refractivity contribution >= 4 is 49.3 Å². The maximum atomic E-state index is 13.5. The Labute approximate surface area is 227 Å². The zero-order valence-electron chi connectivity index (χ0n) is 20.4. The van der Waals surface area contributed by atoms with Crippen LogP contribution < -0.4 is 14.8 Å². The van der Waals surface area contributed by atoms with E-state index in [0.29, 0.717) is 0 Å². The van der Waals surface area contributed by atoms with Gasteiger partial charge in [-0.1, -0.05) is 35.9 Å². The summed E-state index contributed by atoms with van der Waals surface area (Å²) in [5.74, 6) is -2.29. The molecule has 0 radical (unpaired) electrons. The molecule has 0 bridgehead atoms. The number of halogens is 3. The number of hydrogen-bond donors (Lipinski definition) is 2. The van der Waals surface area contributed by atoms with Crippen LogP contribution in [0.1, 0.15) is 23.0 Å². The van der Waals surface area contributed by atoms with E-state index in [4.69, 9.17) is 16.4 Å². The molecular formula is C22H21ClF2N5O7S2+. The zero-order chi connectivity index (χ0) is 29.0. The number of carbonyl (C=O) groups is 1. The molecule has 17 heteroatoms. The summed E-state index contributed by atoms with van der Waals surface area (Å²) < 4.78 is 85.8. The highest BCUT2D eigenvalue weighted by molar-refractivity contribution is 7.90. The second-order valence-corrected chi connectivity index (χ2v) is 11.3. The lowest BCUT2D eigenvalue weighted by Crippen LogP contribution is -2.45. The maximum Gasteiger partial charge on any atom is 0.421 e. The number of nitrogens with zero attached hydrogens (tertiary/aromatic N) is 3.